The number of aromatic nitrogens is 2. The molecule has 1 heterocycles. The van der Waals surface area contributed by atoms with E-state index in [1.54, 1.807) is 13.3 Å². The number of anilines is 1. The van der Waals surface area contributed by atoms with E-state index in [0.717, 1.165) is 17.1 Å². The maximum atomic E-state index is 5.31. The molecule has 1 atom stereocenters. The Bertz CT molecular complexity index is 493. The highest BCUT2D eigenvalue weighted by Gasteiger charge is 2.11. The van der Waals surface area contributed by atoms with E-state index in [1.807, 2.05) is 42.1 Å². The normalized spacial score (nSPS) is 12.2. The van der Waals surface area contributed by atoms with Gasteiger partial charge >= 0.3 is 0 Å². The maximum Gasteiger partial charge on any atom is 0.141 e. The number of nitrogens with zero attached hydrogens (tertiary/aromatic N) is 2. The third-order valence-corrected chi connectivity index (χ3v) is 2.78. The molecule has 0 bridgehead atoms. The van der Waals surface area contributed by atoms with Gasteiger partial charge in [-0.2, -0.15) is 5.10 Å². The molecule has 0 saturated carbocycles. The highest BCUT2D eigenvalue weighted by atomic mass is 16.5. The Labute approximate surface area is 101 Å². The third kappa shape index (κ3) is 2.41. The van der Waals surface area contributed by atoms with Gasteiger partial charge in [-0.1, -0.05) is 12.1 Å². The van der Waals surface area contributed by atoms with Crippen LogP contribution in [0.4, 0.5) is 5.69 Å². The van der Waals surface area contributed by atoms with Gasteiger partial charge in [0.05, 0.1) is 24.5 Å². The van der Waals surface area contributed by atoms with E-state index in [2.05, 4.69) is 17.3 Å². The molecule has 0 saturated heterocycles. The minimum absolute atomic E-state index is 0.179. The molecule has 0 fully saturated rings. The van der Waals surface area contributed by atoms with Crippen LogP contribution in [0, 0.1) is 0 Å². The lowest BCUT2D eigenvalue weighted by atomic mass is 10.2. The molecule has 0 amide bonds. The van der Waals surface area contributed by atoms with Crippen LogP contribution < -0.4 is 10.1 Å². The molecule has 0 spiro atoms. The van der Waals surface area contributed by atoms with Crippen molar-refractivity contribution >= 4 is 5.69 Å². The highest BCUT2D eigenvalue weighted by Crippen LogP contribution is 2.27. The smallest absolute Gasteiger partial charge is 0.141 e. The number of para-hydroxylation sites is 2. The molecule has 4 nitrogen and oxygen atoms in total. The Morgan fingerprint density at radius 2 is 2.06 bits per heavy atom. The molecule has 17 heavy (non-hydrogen) atoms. The molecule has 0 aliphatic carbocycles. The summed E-state index contributed by atoms with van der Waals surface area (Å²) in [6.07, 6.45) is 1.80. The number of methoxy groups -OCH3 is 1. The van der Waals surface area contributed by atoms with Gasteiger partial charge in [0, 0.05) is 13.2 Å². The number of rotatable bonds is 4. The van der Waals surface area contributed by atoms with Crippen molar-refractivity contribution in [2.45, 2.75) is 13.0 Å². The van der Waals surface area contributed by atoms with Crippen molar-refractivity contribution in [2.24, 2.45) is 7.05 Å². The van der Waals surface area contributed by atoms with E-state index in [9.17, 15) is 0 Å². The Hall–Kier alpha value is -1.97. The summed E-state index contributed by atoms with van der Waals surface area (Å²) >= 11 is 0. The number of hydrogen-bond acceptors (Lipinski definition) is 3. The fraction of sp³-hybridized carbons (Fsp3) is 0.308. The van der Waals surface area contributed by atoms with Gasteiger partial charge in [0.15, 0.2) is 0 Å². The summed E-state index contributed by atoms with van der Waals surface area (Å²) in [4.78, 5) is 0. The van der Waals surface area contributed by atoms with Gasteiger partial charge in [-0.25, -0.2) is 0 Å². The predicted octanol–water partition coefficient (Wildman–Crippen LogP) is 2.60. The van der Waals surface area contributed by atoms with Crippen LogP contribution in [0.5, 0.6) is 5.75 Å². The van der Waals surface area contributed by atoms with Gasteiger partial charge in [0.2, 0.25) is 0 Å². The first-order chi connectivity index (χ1) is 8.22. The fourth-order valence-corrected chi connectivity index (χ4v) is 1.88. The Balaban J connectivity index is 2.18. The first-order valence-corrected chi connectivity index (χ1v) is 5.60. The number of benzene rings is 1. The minimum Gasteiger partial charge on any atom is -0.495 e. The largest absolute Gasteiger partial charge is 0.495 e. The lowest BCUT2D eigenvalue weighted by Gasteiger charge is -2.17. The first kappa shape index (κ1) is 11.5. The third-order valence-electron chi connectivity index (χ3n) is 2.78. The van der Waals surface area contributed by atoms with Crippen molar-refractivity contribution in [1.29, 1.82) is 0 Å². The second-order valence-electron chi connectivity index (χ2n) is 3.95. The number of nitrogens with one attached hydrogen (secondary N) is 1. The molecule has 2 aromatic rings. The quantitative estimate of drug-likeness (QED) is 0.879. The minimum atomic E-state index is 0.179. The van der Waals surface area contributed by atoms with E-state index in [1.165, 1.54) is 0 Å². The van der Waals surface area contributed by atoms with Crippen LogP contribution in [-0.4, -0.2) is 16.9 Å². The highest BCUT2D eigenvalue weighted by molar-refractivity contribution is 5.57. The van der Waals surface area contributed by atoms with Gasteiger partial charge in [-0.3, -0.25) is 4.68 Å². The lowest BCUT2D eigenvalue weighted by molar-refractivity contribution is 0.416. The van der Waals surface area contributed by atoms with Gasteiger partial charge in [0.25, 0.3) is 0 Å². The molecule has 2 rings (SSSR count). The number of hydrogen-bond donors (Lipinski definition) is 1. The van der Waals surface area contributed by atoms with E-state index >= 15 is 0 Å². The fourth-order valence-electron chi connectivity index (χ4n) is 1.88. The van der Waals surface area contributed by atoms with Crippen LogP contribution in [0.15, 0.2) is 36.5 Å². The molecule has 0 radical (unpaired) electrons. The summed E-state index contributed by atoms with van der Waals surface area (Å²) in [7, 11) is 3.62. The van der Waals surface area contributed by atoms with Crippen molar-refractivity contribution < 1.29 is 4.74 Å². The molecule has 0 aliphatic rings. The zero-order chi connectivity index (χ0) is 12.3. The van der Waals surface area contributed by atoms with Crippen LogP contribution in [0.25, 0.3) is 0 Å². The molecular formula is C13H17N3O. The number of ether oxygens (including phenoxy) is 1. The number of aryl methyl sites for hydroxylation is 1. The van der Waals surface area contributed by atoms with E-state index in [-0.39, 0.29) is 6.04 Å². The first-order valence-electron chi connectivity index (χ1n) is 5.60. The Morgan fingerprint density at radius 3 is 2.71 bits per heavy atom. The second-order valence-corrected chi connectivity index (χ2v) is 3.95. The molecule has 1 unspecified atom stereocenters. The Morgan fingerprint density at radius 1 is 1.29 bits per heavy atom. The zero-order valence-electron chi connectivity index (χ0n) is 10.3. The zero-order valence-corrected chi connectivity index (χ0v) is 10.3. The average molecular weight is 231 g/mol. The van der Waals surface area contributed by atoms with Gasteiger partial charge in [-0.15, -0.1) is 0 Å². The molecule has 90 valence electrons. The summed E-state index contributed by atoms with van der Waals surface area (Å²) in [6, 6.07) is 10.1. The standard InChI is InChI=1S/C13H17N3O/c1-10(12-8-9-14-16(12)2)15-11-6-4-5-7-13(11)17-3/h4-10,15H,1-3H3. The molecule has 0 aliphatic heterocycles. The maximum absolute atomic E-state index is 5.31. The van der Waals surface area contributed by atoms with Crippen molar-refractivity contribution in [2.75, 3.05) is 12.4 Å². The Kier molecular flexibility index (Phi) is 3.32. The summed E-state index contributed by atoms with van der Waals surface area (Å²) < 4.78 is 7.18. The summed E-state index contributed by atoms with van der Waals surface area (Å²) in [5, 5.41) is 7.59. The van der Waals surface area contributed by atoms with Crippen LogP contribution in [0.3, 0.4) is 0 Å². The van der Waals surface area contributed by atoms with Crippen molar-refractivity contribution in [3.63, 3.8) is 0 Å². The van der Waals surface area contributed by atoms with E-state index < -0.39 is 0 Å². The summed E-state index contributed by atoms with van der Waals surface area (Å²) in [5.41, 5.74) is 2.12. The summed E-state index contributed by atoms with van der Waals surface area (Å²) in [6.45, 7) is 2.10. The van der Waals surface area contributed by atoms with Gasteiger partial charge < -0.3 is 10.1 Å². The molecule has 4 heteroatoms. The SMILES string of the molecule is COc1ccccc1NC(C)c1ccnn1C. The average Bonchev–Trinajstić information content (AvgIpc) is 2.76. The molecular weight excluding hydrogens is 214 g/mol. The predicted molar refractivity (Wildman–Crippen MR) is 68.2 cm³/mol. The molecule has 1 aromatic carbocycles. The summed E-state index contributed by atoms with van der Waals surface area (Å²) in [5.74, 6) is 0.849. The second kappa shape index (κ2) is 4.91. The lowest BCUT2D eigenvalue weighted by Crippen LogP contribution is -2.11. The van der Waals surface area contributed by atoms with Crippen molar-refractivity contribution in [3.8, 4) is 5.75 Å². The van der Waals surface area contributed by atoms with Gasteiger partial charge in [-0.05, 0) is 25.1 Å². The topological polar surface area (TPSA) is 39.1 Å². The van der Waals surface area contributed by atoms with E-state index in [4.69, 9.17) is 4.74 Å². The van der Waals surface area contributed by atoms with E-state index in [0.29, 0.717) is 0 Å². The van der Waals surface area contributed by atoms with Crippen molar-refractivity contribution in [3.05, 3.63) is 42.2 Å². The van der Waals surface area contributed by atoms with Crippen LogP contribution in [-0.2, 0) is 7.05 Å². The van der Waals surface area contributed by atoms with Gasteiger partial charge in [0.1, 0.15) is 5.75 Å². The molecule has 1 aromatic heterocycles. The van der Waals surface area contributed by atoms with Crippen LogP contribution in [0.1, 0.15) is 18.7 Å². The monoisotopic (exact) mass is 231 g/mol. The molecule has 1 N–H and O–H groups in total. The van der Waals surface area contributed by atoms with Crippen LogP contribution >= 0.6 is 0 Å². The van der Waals surface area contributed by atoms with Crippen LogP contribution in [0.2, 0.25) is 0 Å². The van der Waals surface area contributed by atoms with Crippen molar-refractivity contribution in [1.82, 2.24) is 9.78 Å².